The van der Waals surface area contributed by atoms with Gasteiger partial charge in [-0.15, -0.1) is 0 Å². The van der Waals surface area contributed by atoms with Crippen molar-refractivity contribution in [1.29, 1.82) is 0 Å². The molecule has 0 atom stereocenters. The van der Waals surface area contributed by atoms with Crippen LogP contribution in [0.5, 0.6) is 5.75 Å². The van der Waals surface area contributed by atoms with E-state index in [1.807, 2.05) is 0 Å². The van der Waals surface area contributed by atoms with Crippen molar-refractivity contribution in [3.05, 3.63) is 56.8 Å². The quantitative estimate of drug-likeness (QED) is 0.771. The van der Waals surface area contributed by atoms with Crippen LogP contribution in [0.25, 0.3) is 0 Å². The molecule has 2 N–H and O–H groups in total. The Hall–Kier alpha value is -1.16. The van der Waals surface area contributed by atoms with Crippen molar-refractivity contribution in [1.82, 2.24) is 0 Å². The molecule has 0 aliphatic heterocycles. The first-order valence-corrected chi connectivity index (χ1v) is 6.47. The summed E-state index contributed by atoms with van der Waals surface area (Å²) in [6.07, 6.45) is 0. The molecule has 0 unspecified atom stereocenters. The highest BCUT2D eigenvalue weighted by molar-refractivity contribution is 6.36. The third kappa shape index (κ3) is 3.24. The highest BCUT2D eigenvalue weighted by Crippen LogP contribution is 2.35. The van der Waals surface area contributed by atoms with Gasteiger partial charge in [0.15, 0.2) is 5.75 Å². The molecule has 0 saturated carbocycles. The van der Waals surface area contributed by atoms with Crippen LogP contribution in [0.1, 0.15) is 5.56 Å². The van der Waals surface area contributed by atoms with E-state index in [0.29, 0.717) is 21.3 Å². The number of hydrogen-bond donors (Lipinski definition) is 2. The molecule has 0 fully saturated rings. The maximum Gasteiger partial charge on any atom is 0.157 e. The summed E-state index contributed by atoms with van der Waals surface area (Å²) in [7, 11) is 0. The lowest BCUT2D eigenvalue weighted by Gasteiger charge is -2.11. The van der Waals surface area contributed by atoms with Gasteiger partial charge in [0, 0.05) is 22.2 Å². The van der Waals surface area contributed by atoms with Gasteiger partial charge in [0.05, 0.1) is 10.7 Å². The van der Waals surface area contributed by atoms with Crippen LogP contribution in [0.15, 0.2) is 30.3 Å². The SMILES string of the molecule is Oc1c(Cl)cc(Cl)cc1NCc1c(F)cccc1Cl. The van der Waals surface area contributed by atoms with Crippen molar-refractivity contribution in [3.8, 4) is 5.75 Å². The van der Waals surface area contributed by atoms with Gasteiger partial charge in [-0.25, -0.2) is 4.39 Å². The predicted molar refractivity (Wildman–Crippen MR) is 76.9 cm³/mol. The summed E-state index contributed by atoms with van der Waals surface area (Å²) in [5.74, 6) is -0.564. The van der Waals surface area contributed by atoms with Crippen LogP contribution in [0.4, 0.5) is 10.1 Å². The Morgan fingerprint density at radius 2 is 1.84 bits per heavy atom. The van der Waals surface area contributed by atoms with Crippen LogP contribution in [-0.4, -0.2) is 5.11 Å². The molecule has 0 saturated heterocycles. The minimum atomic E-state index is -0.424. The van der Waals surface area contributed by atoms with E-state index < -0.39 is 5.82 Å². The summed E-state index contributed by atoms with van der Waals surface area (Å²) < 4.78 is 13.6. The number of hydrogen-bond acceptors (Lipinski definition) is 2. The average Bonchev–Trinajstić information content (AvgIpc) is 2.34. The molecule has 0 bridgehead atoms. The van der Waals surface area contributed by atoms with Crippen molar-refractivity contribution in [2.24, 2.45) is 0 Å². The summed E-state index contributed by atoms with van der Waals surface area (Å²) in [4.78, 5) is 0. The van der Waals surface area contributed by atoms with Crippen LogP contribution in [0.2, 0.25) is 15.1 Å². The molecule has 0 amide bonds. The molecule has 0 heterocycles. The number of aromatic hydroxyl groups is 1. The van der Waals surface area contributed by atoms with E-state index in [1.54, 1.807) is 6.07 Å². The van der Waals surface area contributed by atoms with Gasteiger partial charge in [-0.2, -0.15) is 0 Å². The molecule has 0 aliphatic rings. The normalized spacial score (nSPS) is 10.5. The van der Waals surface area contributed by atoms with Crippen LogP contribution in [0, 0.1) is 5.82 Å². The Morgan fingerprint density at radius 1 is 1.11 bits per heavy atom. The second-order valence-corrected chi connectivity index (χ2v) is 5.09. The van der Waals surface area contributed by atoms with Gasteiger partial charge in [-0.1, -0.05) is 40.9 Å². The largest absolute Gasteiger partial charge is 0.504 e. The van der Waals surface area contributed by atoms with Gasteiger partial charge in [0.25, 0.3) is 0 Å². The number of nitrogens with one attached hydrogen (secondary N) is 1. The molecule has 100 valence electrons. The smallest absolute Gasteiger partial charge is 0.157 e. The zero-order valence-corrected chi connectivity index (χ0v) is 11.8. The second-order valence-electron chi connectivity index (χ2n) is 3.84. The van der Waals surface area contributed by atoms with Gasteiger partial charge in [-0.3, -0.25) is 0 Å². The van der Waals surface area contributed by atoms with Crippen LogP contribution < -0.4 is 5.32 Å². The third-order valence-electron chi connectivity index (χ3n) is 2.55. The molecule has 0 radical (unpaired) electrons. The number of rotatable bonds is 3. The number of halogens is 4. The predicted octanol–water partition coefficient (Wildman–Crippen LogP) is 5.10. The molecule has 2 aromatic carbocycles. The summed E-state index contributed by atoms with van der Waals surface area (Å²) in [6, 6.07) is 7.34. The maximum atomic E-state index is 13.6. The van der Waals surface area contributed by atoms with Crippen molar-refractivity contribution >= 4 is 40.5 Å². The van der Waals surface area contributed by atoms with Crippen molar-refractivity contribution in [2.45, 2.75) is 6.54 Å². The van der Waals surface area contributed by atoms with Crippen LogP contribution in [-0.2, 0) is 6.54 Å². The Morgan fingerprint density at radius 3 is 2.53 bits per heavy atom. The van der Waals surface area contributed by atoms with E-state index in [-0.39, 0.29) is 17.3 Å². The summed E-state index contributed by atoms with van der Waals surface area (Å²) in [5, 5.41) is 13.4. The first-order chi connectivity index (χ1) is 8.99. The zero-order chi connectivity index (χ0) is 14.0. The van der Waals surface area contributed by atoms with Gasteiger partial charge < -0.3 is 10.4 Å². The van der Waals surface area contributed by atoms with Crippen molar-refractivity contribution in [2.75, 3.05) is 5.32 Å². The zero-order valence-electron chi connectivity index (χ0n) is 9.55. The van der Waals surface area contributed by atoms with Gasteiger partial charge in [0.1, 0.15) is 5.82 Å². The highest BCUT2D eigenvalue weighted by Gasteiger charge is 2.10. The van der Waals surface area contributed by atoms with Gasteiger partial charge >= 0.3 is 0 Å². The Kier molecular flexibility index (Phi) is 4.40. The fourth-order valence-electron chi connectivity index (χ4n) is 1.59. The lowest BCUT2D eigenvalue weighted by Crippen LogP contribution is -2.03. The molecule has 2 aromatic rings. The molecular weight excluding hydrogens is 312 g/mol. The first kappa shape index (κ1) is 14.3. The molecule has 19 heavy (non-hydrogen) atoms. The molecule has 0 aliphatic carbocycles. The summed E-state index contributed by atoms with van der Waals surface area (Å²) in [5.41, 5.74) is 0.622. The third-order valence-corrected chi connectivity index (χ3v) is 3.41. The summed E-state index contributed by atoms with van der Waals surface area (Å²) in [6.45, 7) is 0.107. The molecule has 0 spiro atoms. The topological polar surface area (TPSA) is 32.3 Å². The number of anilines is 1. The Bertz CT molecular complexity index is 599. The second kappa shape index (κ2) is 5.87. The monoisotopic (exact) mass is 319 g/mol. The van der Waals surface area contributed by atoms with E-state index in [9.17, 15) is 9.50 Å². The molecule has 6 heteroatoms. The van der Waals surface area contributed by atoms with E-state index in [4.69, 9.17) is 34.8 Å². The minimum absolute atomic E-state index is 0.107. The van der Waals surface area contributed by atoms with E-state index in [2.05, 4.69) is 5.32 Å². The minimum Gasteiger partial charge on any atom is -0.504 e. The van der Waals surface area contributed by atoms with Crippen LogP contribution in [0.3, 0.4) is 0 Å². The summed E-state index contributed by atoms with van der Waals surface area (Å²) >= 11 is 17.5. The van der Waals surface area contributed by atoms with Crippen molar-refractivity contribution < 1.29 is 9.50 Å². The maximum absolute atomic E-state index is 13.6. The fourth-order valence-corrected chi connectivity index (χ4v) is 2.31. The number of benzene rings is 2. The standard InChI is InChI=1S/C13H9Cl3FNO/c14-7-4-10(16)13(19)12(5-7)18-6-8-9(15)2-1-3-11(8)17/h1-5,18-19H,6H2. The number of phenols is 1. The lowest BCUT2D eigenvalue weighted by atomic mass is 10.2. The van der Waals surface area contributed by atoms with E-state index in [1.165, 1.54) is 24.3 Å². The highest BCUT2D eigenvalue weighted by atomic mass is 35.5. The Balaban J connectivity index is 2.24. The van der Waals surface area contributed by atoms with Gasteiger partial charge in [-0.05, 0) is 24.3 Å². The molecular formula is C13H9Cl3FNO. The molecule has 0 aromatic heterocycles. The number of phenolic OH excluding ortho intramolecular Hbond substituents is 1. The van der Waals surface area contributed by atoms with E-state index in [0.717, 1.165) is 0 Å². The molecule has 2 nitrogen and oxygen atoms in total. The fraction of sp³-hybridized carbons (Fsp3) is 0.0769. The van der Waals surface area contributed by atoms with Crippen LogP contribution >= 0.6 is 34.8 Å². The van der Waals surface area contributed by atoms with Crippen molar-refractivity contribution in [3.63, 3.8) is 0 Å². The van der Waals surface area contributed by atoms with E-state index >= 15 is 0 Å². The molecule has 2 rings (SSSR count). The Labute approximate surface area is 124 Å². The van der Waals surface area contributed by atoms with Gasteiger partial charge in [0.2, 0.25) is 0 Å². The lowest BCUT2D eigenvalue weighted by molar-refractivity contribution is 0.477. The average molecular weight is 321 g/mol. The first-order valence-electron chi connectivity index (χ1n) is 5.34.